The molecule has 1 saturated carbocycles. The van der Waals surface area contributed by atoms with Crippen LogP contribution in [0.3, 0.4) is 0 Å². The summed E-state index contributed by atoms with van der Waals surface area (Å²) in [5.41, 5.74) is 1.03. The minimum Gasteiger partial charge on any atom is -0.357 e. The number of nitrogens with zero attached hydrogens (tertiary/aromatic N) is 2. The van der Waals surface area contributed by atoms with Crippen molar-refractivity contribution in [2.75, 3.05) is 6.54 Å². The third-order valence-electron chi connectivity index (χ3n) is 4.51. The SMILES string of the molecule is CCNC(=NCc1nc(C(C)(C)C)cs1)NC1CCCC(C(F)(F)F)C1.I. The molecule has 0 radical (unpaired) electrons. The van der Waals surface area contributed by atoms with Crippen LogP contribution < -0.4 is 10.6 Å². The van der Waals surface area contributed by atoms with Crippen LogP contribution in [0, 0.1) is 5.92 Å². The molecule has 2 unspecified atom stereocenters. The zero-order valence-electron chi connectivity index (χ0n) is 16.3. The van der Waals surface area contributed by atoms with Gasteiger partial charge in [-0.1, -0.05) is 27.2 Å². The lowest BCUT2D eigenvalue weighted by molar-refractivity contribution is -0.183. The Hall–Kier alpha value is -0.580. The average Bonchev–Trinajstić information content (AvgIpc) is 3.01. The van der Waals surface area contributed by atoms with Gasteiger partial charge in [-0.2, -0.15) is 13.2 Å². The molecule has 156 valence electrons. The third-order valence-corrected chi connectivity index (χ3v) is 5.35. The van der Waals surface area contributed by atoms with Crippen molar-refractivity contribution in [2.24, 2.45) is 10.9 Å². The molecule has 1 aromatic heterocycles. The molecule has 0 saturated heterocycles. The quantitative estimate of drug-likeness (QED) is 0.326. The Morgan fingerprint density at radius 2 is 2.00 bits per heavy atom. The summed E-state index contributed by atoms with van der Waals surface area (Å²) in [6.07, 6.45) is -2.45. The van der Waals surface area contributed by atoms with Gasteiger partial charge in [0.25, 0.3) is 0 Å². The van der Waals surface area contributed by atoms with Gasteiger partial charge >= 0.3 is 6.18 Å². The smallest absolute Gasteiger partial charge is 0.357 e. The first-order valence-corrected chi connectivity index (χ1v) is 10.0. The van der Waals surface area contributed by atoms with E-state index in [0.717, 1.165) is 17.1 Å². The normalized spacial score (nSPS) is 21.5. The Morgan fingerprint density at radius 3 is 2.56 bits per heavy atom. The van der Waals surface area contributed by atoms with Crippen LogP contribution in [0.4, 0.5) is 13.2 Å². The maximum absolute atomic E-state index is 13.0. The van der Waals surface area contributed by atoms with Gasteiger partial charge in [-0.3, -0.25) is 0 Å². The Morgan fingerprint density at radius 1 is 1.30 bits per heavy atom. The molecule has 0 amide bonds. The molecule has 9 heteroatoms. The molecule has 1 fully saturated rings. The molecule has 0 spiro atoms. The van der Waals surface area contributed by atoms with E-state index in [0.29, 0.717) is 25.5 Å². The lowest BCUT2D eigenvalue weighted by atomic mass is 9.85. The fraction of sp³-hybridized carbons (Fsp3) is 0.778. The molecule has 4 nitrogen and oxygen atoms in total. The molecule has 0 aliphatic heterocycles. The molecule has 27 heavy (non-hydrogen) atoms. The molecule has 2 rings (SSSR count). The predicted octanol–water partition coefficient (Wildman–Crippen LogP) is 5.23. The second-order valence-electron chi connectivity index (χ2n) is 7.82. The van der Waals surface area contributed by atoms with Crippen LogP contribution in [0.2, 0.25) is 0 Å². The maximum atomic E-state index is 13.0. The zero-order chi connectivity index (χ0) is 19.4. The minimum absolute atomic E-state index is 0. The van der Waals surface area contributed by atoms with E-state index >= 15 is 0 Å². The predicted molar refractivity (Wildman–Crippen MR) is 116 cm³/mol. The van der Waals surface area contributed by atoms with Crippen molar-refractivity contribution in [3.63, 3.8) is 0 Å². The highest BCUT2D eigenvalue weighted by molar-refractivity contribution is 14.0. The van der Waals surface area contributed by atoms with E-state index in [9.17, 15) is 13.2 Å². The second kappa shape index (κ2) is 10.3. The van der Waals surface area contributed by atoms with Crippen molar-refractivity contribution in [3.05, 3.63) is 16.1 Å². The highest BCUT2D eigenvalue weighted by atomic mass is 127. The molecule has 1 aliphatic carbocycles. The van der Waals surface area contributed by atoms with Crippen molar-refractivity contribution in [2.45, 2.75) is 77.6 Å². The topological polar surface area (TPSA) is 49.3 Å². The molecule has 0 bridgehead atoms. The number of thiazole rings is 1. The average molecular weight is 518 g/mol. The Labute approximate surface area is 180 Å². The van der Waals surface area contributed by atoms with Gasteiger partial charge in [0.1, 0.15) is 5.01 Å². The summed E-state index contributed by atoms with van der Waals surface area (Å²) >= 11 is 1.56. The lowest BCUT2D eigenvalue weighted by Gasteiger charge is -2.31. The number of guanidine groups is 1. The lowest BCUT2D eigenvalue weighted by Crippen LogP contribution is -2.46. The summed E-state index contributed by atoms with van der Waals surface area (Å²) < 4.78 is 39.0. The van der Waals surface area contributed by atoms with Crippen LogP contribution in [0.15, 0.2) is 10.4 Å². The van der Waals surface area contributed by atoms with Crippen LogP contribution in [0.5, 0.6) is 0 Å². The molecular weight excluding hydrogens is 488 g/mol. The summed E-state index contributed by atoms with van der Waals surface area (Å²) in [5.74, 6) is -0.655. The van der Waals surface area contributed by atoms with E-state index in [1.54, 1.807) is 11.3 Å². The Balaban J connectivity index is 0.00000364. The van der Waals surface area contributed by atoms with E-state index in [1.807, 2.05) is 12.3 Å². The molecule has 1 heterocycles. The van der Waals surface area contributed by atoms with Crippen molar-refractivity contribution in [1.82, 2.24) is 15.6 Å². The molecule has 0 aromatic carbocycles. The van der Waals surface area contributed by atoms with Gasteiger partial charge in [0.05, 0.1) is 18.2 Å². The first-order chi connectivity index (χ1) is 12.1. The van der Waals surface area contributed by atoms with E-state index < -0.39 is 12.1 Å². The number of alkyl halides is 3. The summed E-state index contributed by atoms with van der Waals surface area (Å²) in [4.78, 5) is 9.13. The molecule has 1 aromatic rings. The zero-order valence-corrected chi connectivity index (χ0v) is 19.5. The Bertz CT molecular complexity index is 610. The van der Waals surface area contributed by atoms with Crippen molar-refractivity contribution in [1.29, 1.82) is 0 Å². The van der Waals surface area contributed by atoms with Crippen molar-refractivity contribution >= 4 is 41.3 Å². The number of hydrogen-bond acceptors (Lipinski definition) is 3. The number of aromatic nitrogens is 1. The molecule has 1 aliphatic rings. The van der Waals surface area contributed by atoms with Gasteiger partial charge in [0.2, 0.25) is 0 Å². The summed E-state index contributed by atoms with van der Waals surface area (Å²) in [6.45, 7) is 9.36. The van der Waals surface area contributed by atoms with Gasteiger partial charge in [0, 0.05) is 23.4 Å². The second-order valence-corrected chi connectivity index (χ2v) is 8.76. The van der Waals surface area contributed by atoms with E-state index in [4.69, 9.17) is 0 Å². The third kappa shape index (κ3) is 7.75. The van der Waals surface area contributed by atoms with E-state index in [2.05, 4.69) is 41.4 Å². The van der Waals surface area contributed by atoms with Crippen LogP contribution in [-0.4, -0.2) is 29.7 Å². The van der Waals surface area contributed by atoms with Gasteiger partial charge in [-0.25, -0.2) is 9.98 Å². The first kappa shape index (κ1) is 24.5. The largest absolute Gasteiger partial charge is 0.391 e. The highest BCUT2D eigenvalue weighted by Gasteiger charge is 2.42. The number of nitrogens with one attached hydrogen (secondary N) is 2. The summed E-state index contributed by atoms with van der Waals surface area (Å²) in [5, 5.41) is 9.26. The van der Waals surface area contributed by atoms with Crippen LogP contribution in [-0.2, 0) is 12.0 Å². The van der Waals surface area contributed by atoms with Gasteiger partial charge in [-0.05, 0) is 26.2 Å². The van der Waals surface area contributed by atoms with Gasteiger partial charge < -0.3 is 10.6 Å². The van der Waals surface area contributed by atoms with E-state index in [-0.39, 0.29) is 48.3 Å². The van der Waals surface area contributed by atoms with Crippen molar-refractivity contribution < 1.29 is 13.2 Å². The highest BCUT2D eigenvalue weighted by Crippen LogP contribution is 2.37. The minimum atomic E-state index is -4.11. The van der Waals surface area contributed by atoms with Gasteiger partial charge in [-0.15, -0.1) is 35.3 Å². The Kier molecular flexibility index (Phi) is 9.30. The van der Waals surface area contributed by atoms with E-state index in [1.165, 1.54) is 0 Å². The fourth-order valence-electron chi connectivity index (χ4n) is 3.01. The van der Waals surface area contributed by atoms with Crippen LogP contribution >= 0.6 is 35.3 Å². The van der Waals surface area contributed by atoms with Crippen LogP contribution in [0.25, 0.3) is 0 Å². The molecule has 2 N–H and O–H groups in total. The number of halogens is 4. The fourth-order valence-corrected chi connectivity index (χ4v) is 3.95. The number of rotatable bonds is 4. The maximum Gasteiger partial charge on any atom is 0.391 e. The van der Waals surface area contributed by atoms with Gasteiger partial charge in [0.15, 0.2) is 5.96 Å². The van der Waals surface area contributed by atoms with Crippen LogP contribution in [0.1, 0.15) is 64.1 Å². The summed E-state index contributed by atoms with van der Waals surface area (Å²) in [6, 6.07) is -0.199. The first-order valence-electron chi connectivity index (χ1n) is 9.16. The monoisotopic (exact) mass is 518 g/mol. The molecular formula is C18H30F3IN4S. The number of hydrogen-bond donors (Lipinski definition) is 2. The van der Waals surface area contributed by atoms with Crippen molar-refractivity contribution in [3.8, 4) is 0 Å². The summed E-state index contributed by atoms with van der Waals surface area (Å²) in [7, 11) is 0. The standard InChI is InChI=1S/C18H29F3N4S.HI/c1-5-22-16(23-10-15-25-14(11-26-15)17(2,3)4)24-13-8-6-7-12(9-13)18(19,20)21;/h11-13H,5-10H2,1-4H3,(H2,22,23,24);1H. The number of aliphatic imine (C=N–C) groups is 1. The molecule has 2 atom stereocenters.